The normalized spacial score (nSPS) is 50.4. The molecule has 2 aliphatic heterocycles. The summed E-state index contributed by atoms with van der Waals surface area (Å²) in [6.07, 6.45) is 8.22. The maximum Gasteiger partial charge on any atom is 0.115 e. The Kier molecular flexibility index (Phi) is 2.31. The molecule has 2 heterocycles. The fraction of sp³-hybridized carbons (Fsp3) is 1.00. The Morgan fingerprint density at radius 2 is 2.07 bits per heavy atom. The summed E-state index contributed by atoms with van der Waals surface area (Å²) in [4.78, 5) is 2.56. The van der Waals surface area contributed by atoms with Crippen LogP contribution in [0.3, 0.4) is 0 Å². The van der Waals surface area contributed by atoms with E-state index in [0.717, 1.165) is 31.3 Å². The lowest BCUT2D eigenvalue weighted by atomic mass is 9.80. The van der Waals surface area contributed by atoms with Crippen molar-refractivity contribution in [3.8, 4) is 0 Å². The second-order valence-corrected chi connectivity index (χ2v) is 5.85. The Labute approximate surface area is 92.0 Å². The van der Waals surface area contributed by atoms with E-state index in [9.17, 15) is 4.39 Å². The highest BCUT2D eigenvalue weighted by Gasteiger charge is 2.55. The molecule has 1 aliphatic carbocycles. The van der Waals surface area contributed by atoms with Crippen molar-refractivity contribution < 1.29 is 4.39 Å². The molecule has 0 spiro atoms. The van der Waals surface area contributed by atoms with Crippen LogP contribution in [0.5, 0.6) is 0 Å². The molecule has 15 heavy (non-hydrogen) atoms. The molecule has 86 valence electrons. The number of halogens is 1. The second-order valence-electron chi connectivity index (χ2n) is 5.85. The number of hydrogen-bond donors (Lipinski definition) is 0. The number of alkyl halides is 1. The van der Waals surface area contributed by atoms with Crippen LogP contribution in [-0.2, 0) is 0 Å². The molecule has 3 aliphatic rings. The zero-order chi connectivity index (χ0) is 10.5. The van der Waals surface area contributed by atoms with Crippen LogP contribution in [0, 0.1) is 5.92 Å². The summed E-state index contributed by atoms with van der Waals surface area (Å²) >= 11 is 0. The van der Waals surface area contributed by atoms with Crippen LogP contribution >= 0.6 is 0 Å². The quantitative estimate of drug-likeness (QED) is 0.644. The van der Waals surface area contributed by atoms with E-state index in [1.807, 2.05) is 0 Å². The highest BCUT2D eigenvalue weighted by atomic mass is 19.1. The van der Waals surface area contributed by atoms with Crippen molar-refractivity contribution in [2.24, 2.45) is 5.92 Å². The number of nitrogens with zero attached hydrogens (tertiary/aromatic N) is 1. The molecular weight excluding hydrogens is 189 g/mol. The Bertz CT molecular complexity index is 255. The molecule has 0 aromatic carbocycles. The van der Waals surface area contributed by atoms with Gasteiger partial charge in [-0.25, -0.2) is 4.39 Å². The highest BCUT2D eigenvalue weighted by Crippen LogP contribution is 2.52. The topological polar surface area (TPSA) is 3.24 Å². The number of rotatable bonds is 1. The highest BCUT2D eigenvalue weighted by molar-refractivity contribution is 5.10. The molecule has 1 saturated carbocycles. The van der Waals surface area contributed by atoms with Gasteiger partial charge in [0.05, 0.1) is 0 Å². The van der Waals surface area contributed by atoms with Crippen molar-refractivity contribution in [2.45, 2.75) is 69.6 Å². The van der Waals surface area contributed by atoms with Gasteiger partial charge < -0.3 is 0 Å². The molecule has 2 heteroatoms. The summed E-state index contributed by atoms with van der Waals surface area (Å²) < 4.78 is 13.6. The van der Waals surface area contributed by atoms with Crippen molar-refractivity contribution in [1.29, 1.82) is 0 Å². The van der Waals surface area contributed by atoms with Crippen LogP contribution in [0.15, 0.2) is 0 Å². The van der Waals surface area contributed by atoms with Crippen molar-refractivity contribution in [2.75, 3.05) is 6.54 Å². The molecule has 2 saturated heterocycles. The van der Waals surface area contributed by atoms with Crippen LogP contribution in [0.1, 0.15) is 51.9 Å². The van der Waals surface area contributed by atoms with Crippen LogP contribution < -0.4 is 0 Å². The predicted molar refractivity (Wildman–Crippen MR) is 59.6 cm³/mol. The molecule has 4 atom stereocenters. The zero-order valence-corrected chi connectivity index (χ0v) is 9.71. The Balaban J connectivity index is 1.86. The SMILES string of the molecule is CC[C@]12C[C@@H](F)CN1[C@H]1CCCC[C@H]1C2. The third-order valence-electron chi connectivity index (χ3n) is 5.18. The summed E-state index contributed by atoms with van der Waals surface area (Å²) in [6.45, 7) is 2.98. The van der Waals surface area contributed by atoms with Crippen LogP contribution in [0.2, 0.25) is 0 Å². The van der Waals surface area contributed by atoms with Gasteiger partial charge in [-0.2, -0.15) is 0 Å². The van der Waals surface area contributed by atoms with Gasteiger partial charge in [0, 0.05) is 18.1 Å². The third-order valence-corrected chi connectivity index (χ3v) is 5.18. The summed E-state index contributed by atoms with van der Waals surface area (Å²) in [5.74, 6) is 0.895. The van der Waals surface area contributed by atoms with Gasteiger partial charge in [0.25, 0.3) is 0 Å². The molecule has 0 radical (unpaired) electrons. The van der Waals surface area contributed by atoms with E-state index in [4.69, 9.17) is 0 Å². The Morgan fingerprint density at radius 1 is 1.27 bits per heavy atom. The van der Waals surface area contributed by atoms with Gasteiger partial charge in [0.1, 0.15) is 6.17 Å². The van der Waals surface area contributed by atoms with E-state index in [1.54, 1.807) is 0 Å². The number of fused-ring (bicyclic) bond motifs is 3. The lowest BCUT2D eigenvalue weighted by Gasteiger charge is -2.35. The third kappa shape index (κ3) is 1.37. The Hall–Kier alpha value is -0.110. The standard InChI is InChI=1S/C13H22FN/c1-2-13-7-10-5-3-4-6-12(10)15(13)9-11(14)8-13/h10-12H,2-9H2,1H3/t10-,11+,12-,13-/m0/s1. The van der Waals surface area contributed by atoms with Gasteiger partial charge in [-0.15, -0.1) is 0 Å². The lowest BCUT2D eigenvalue weighted by Crippen LogP contribution is -2.42. The molecule has 0 N–H and O–H groups in total. The van der Waals surface area contributed by atoms with Crippen LogP contribution in [0.4, 0.5) is 4.39 Å². The Morgan fingerprint density at radius 3 is 2.87 bits per heavy atom. The smallest absolute Gasteiger partial charge is 0.115 e. The van der Waals surface area contributed by atoms with Gasteiger partial charge in [-0.1, -0.05) is 19.8 Å². The van der Waals surface area contributed by atoms with Crippen molar-refractivity contribution in [1.82, 2.24) is 4.90 Å². The second kappa shape index (κ2) is 3.44. The van der Waals surface area contributed by atoms with Crippen molar-refractivity contribution in [3.05, 3.63) is 0 Å². The first-order valence-electron chi connectivity index (χ1n) is 6.66. The summed E-state index contributed by atoms with van der Waals surface area (Å²) in [6, 6.07) is 0.736. The molecular formula is C13H22FN. The van der Waals surface area contributed by atoms with E-state index in [-0.39, 0.29) is 5.54 Å². The molecule has 0 aromatic rings. The van der Waals surface area contributed by atoms with Gasteiger partial charge in [0.15, 0.2) is 0 Å². The maximum absolute atomic E-state index is 13.6. The van der Waals surface area contributed by atoms with Crippen LogP contribution in [0.25, 0.3) is 0 Å². The molecule has 0 aromatic heterocycles. The van der Waals surface area contributed by atoms with E-state index in [2.05, 4.69) is 11.8 Å². The van der Waals surface area contributed by atoms with Gasteiger partial charge >= 0.3 is 0 Å². The fourth-order valence-electron chi connectivity index (χ4n) is 4.51. The fourth-order valence-corrected chi connectivity index (χ4v) is 4.51. The molecule has 3 rings (SSSR count). The molecule has 3 fully saturated rings. The van der Waals surface area contributed by atoms with Crippen LogP contribution in [-0.4, -0.2) is 29.2 Å². The average Bonchev–Trinajstić information content (AvgIpc) is 2.70. The van der Waals surface area contributed by atoms with Crippen molar-refractivity contribution >= 4 is 0 Å². The zero-order valence-electron chi connectivity index (χ0n) is 9.71. The van der Waals surface area contributed by atoms with E-state index in [1.165, 1.54) is 32.1 Å². The maximum atomic E-state index is 13.6. The average molecular weight is 211 g/mol. The first-order valence-corrected chi connectivity index (χ1v) is 6.66. The summed E-state index contributed by atoms with van der Waals surface area (Å²) in [5.41, 5.74) is 0.263. The van der Waals surface area contributed by atoms with E-state index in [0.29, 0.717) is 0 Å². The molecule has 0 bridgehead atoms. The number of hydrogen-bond acceptors (Lipinski definition) is 1. The first-order chi connectivity index (χ1) is 7.25. The monoisotopic (exact) mass is 211 g/mol. The molecule has 0 amide bonds. The van der Waals surface area contributed by atoms with Gasteiger partial charge in [-0.3, -0.25) is 4.90 Å². The van der Waals surface area contributed by atoms with Crippen molar-refractivity contribution in [3.63, 3.8) is 0 Å². The minimum atomic E-state index is -0.548. The minimum Gasteiger partial charge on any atom is -0.291 e. The van der Waals surface area contributed by atoms with E-state index < -0.39 is 6.17 Å². The van der Waals surface area contributed by atoms with Gasteiger partial charge in [0.2, 0.25) is 0 Å². The summed E-state index contributed by atoms with van der Waals surface area (Å²) in [5, 5.41) is 0. The van der Waals surface area contributed by atoms with E-state index >= 15 is 0 Å². The molecule has 1 nitrogen and oxygen atoms in total. The summed E-state index contributed by atoms with van der Waals surface area (Å²) in [7, 11) is 0. The molecule has 0 unspecified atom stereocenters. The van der Waals surface area contributed by atoms with Gasteiger partial charge in [-0.05, 0) is 38.0 Å². The minimum absolute atomic E-state index is 0.263. The lowest BCUT2D eigenvalue weighted by molar-refractivity contribution is 0.123. The first kappa shape index (κ1) is 10.1. The predicted octanol–water partition coefficient (Wildman–Crippen LogP) is 3.14. The largest absolute Gasteiger partial charge is 0.291 e.